The molecule has 2 N–H and O–H groups in total. The number of nitrogens with one attached hydrogen (secondary N) is 1. The molecular weight excluding hydrogens is 280 g/mol. The summed E-state index contributed by atoms with van der Waals surface area (Å²) in [5, 5.41) is 11.8. The summed E-state index contributed by atoms with van der Waals surface area (Å²) < 4.78 is 0. The largest absolute Gasteiger partial charge is 0.481 e. The van der Waals surface area contributed by atoms with Crippen LogP contribution < -0.4 is 5.32 Å². The van der Waals surface area contributed by atoms with Gasteiger partial charge in [-0.25, -0.2) is 0 Å². The number of nitrogens with zero attached hydrogens (tertiary/aromatic N) is 1. The highest BCUT2D eigenvalue weighted by atomic mass is 32.1. The lowest BCUT2D eigenvalue weighted by Crippen LogP contribution is -2.51. The predicted molar refractivity (Wildman–Crippen MR) is 73.3 cm³/mol. The standard InChI is InChI=1S/C13H16N2O4S/c1-15-11(16)5-4-10(13(15)19)14-7-9-3-2-8(20-9)6-12(17)18/h2-3,10,14H,4-7H2,1H3,(H,17,18). The van der Waals surface area contributed by atoms with Crippen molar-refractivity contribution in [2.24, 2.45) is 0 Å². The fourth-order valence-electron chi connectivity index (χ4n) is 2.09. The van der Waals surface area contributed by atoms with E-state index < -0.39 is 5.97 Å². The van der Waals surface area contributed by atoms with Crippen molar-refractivity contribution in [1.82, 2.24) is 10.2 Å². The van der Waals surface area contributed by atoms with Gasteiger partial charge >= 0.3 is 5.97 Å². The first-order valence-electron chi connectivity index (χ1n) is 6.30. The first-order valence-corrected chi connectivity index (χ1v) is 7.12. The molecule has 7 heteroatoms. The van der Waals surface area contributed by atoms with Gasteiger partial charge in [0, 0.05) is 29.8 Å². The minimum absolute atomic E-state index is 0.0181. The lowest BCUT2D eigenvalue weighted by atomic mass is 10.0. The average molecular weight is 296 g/mol. The van der Waals surface area contributed by atoms with Crippen molar-refractivity contribution in [3.05, 3.63) is 21.9 Å². The summed E-state index contributed by atoms with van der Waals surface area (Å²) >= 11 is 1.42. The number of carboxylic acids is 1. The number of thiophene rings is 1. The number of aliphatic carboxylic acids is 1. The molecule has 1 aromatic rings. The number of carboxylic acid groups (broad SMARTS) is 1. The molecule has 6 nitrogen and oxygen atoms in total. The van der Waals surface area contributed by atoms with Gasteiger partial charge in [0.15, 0.2) is 0 Å². The Kier molecular flexibility index (Phi) is 4.51. The molecule has 1 aromatic heterocycles. The van der Waals surface area contributed by atoms with Crippen molar-refractivity contribution in [3.8, 4) is 0 Å². The summed E-state index contributed by atoms with van der Waals surface area (Å²) in [4.78, 5) is 36.8. The Labute approximate surface area is 120 Å². The van der Waals surface area contributed by atoms with E-state index in [4.69, 9.17) is 5.11 Å². The lowest BCUT2D eigenvalue weighted by Gasteiger charge is -2.28. The second-order valence-electron chi connectivity index (χ2n) is 4.70. The van der Waals surface area contributed by atoms with Crippen LogP contribution >= 0.6 is 11.3 Å². The highest BCUT2D eigenvalue weighted by Crippen LogP contribution is 2.18. The minimum atomic E-state index is -0.853. The summed E-state index contributed by atoms with van der Waals surface area (Å²) in [6.45, 7) is 0.503. The molecule has 0 bridgehead atoms. The molecule has 2 heterocycles. The molecule has 0 saturated carbocycles. The number of carbonyl (C=O) groups excluding carboxylic acids is 2. The fourth-order valence-corrected chi connectivity index (χ4v) is 3.05. The quantitative estimate of drug-likeness (QED) is 0.778. The first-order chi connectivity index (χ1) is 9.47. The maximum Gasteiger partial charge on any atom is 0.308 e. The second kappa shape index (κ2) is 6.15. The van der Waals surface area contributed by atoms with Crippen LogP contribution in [0.2, 0.25) is 0 Å². The van der Waals surface area contributed by atoms with E-state index in [1.807, 2.05) is 6.07 Å². The molecule has 108 valence electrons. The van der Waals surface area contributed by atoms with Crippen molar-refractivity contribution < 1.29 is 19.5 Å². The number of hydrogen-bond acceptors (Lipinski definition) is 5. The number of carbonyl (C=O) groups is 3. The third kappa shape index (κ3) is 3.43. The van der Waals surface area contributed by atoms with Crippen LogP contribution in [0.25, 0.3) is 0 Å². The van der Waals surface area contributed by atoms with Gasteiger partial charge < -0.3 is 10.4 Å². The van der Waals surface area contributed by atoms with E-state index in [-0.39, 0.29) is 24.3 Å². The van der Waals surface area contributed by atoms with Crippen LogP contribution in [0.1, 0.15) is 22.6 Å². The van der Waals surface area contributed by atoms with Crippen LogP contribution in [-0.2, 0) is 27.3 Å². The van der Waals surface area contributed by atoms with Gasteiger partial charge in [0.2, 0.25) is 11.8 Å². The second-order valence-corrected chi connectivity index (χ2v) is 5.95. The van der Waals surface area contributed by atoms with Gasteiger partial charge in [-0.2, -0.15) is 0 Å². The molecule has 1 aliphatic rings. The Morgan fingerprint density at radius 2 is 2.15 bits per heavy atom. The van der Waals surface area contributed by atoms with Crippen LogP contribution in [0.3, 0.4) is 0 Å². The molecule has 1 fully saturated rings. The van der Waals surface area contributed by atoms with Crippen LogP contribution in [-0.4, -0.2) is 40.9 Å². The lowest BCUT2D eigenvalue weighted by molar-refractivity contribution is -0.148. The number of likely N-dealkylation sites (tertiary alicyclic amines) is 1. The maximum absolute atomic E-state index is 11.9. The van der Waals surface area contributed by atoms with Gasteiger partial charge in [-0.3, -0.25) is 19.3 Å². The Balaban J connectivity index is 1.89. The van der Waals surface area contributed by atoms with Gasteiger partial charge in [0.1, 0.15) is 0 Å². The zero-order chi connectivity index (χ0) is 14.7. The topological polar surface area (TPSA) is 86.7 Å². The van der Waals surface area contributed by atoms with Crippen LogP contribution in [0, 0.1) is 0 Å². The first kappa shape index (κ1) is 14.7. The Morgan fingerprint density at radius 3 is 2.85 bits per heavy atom. The van der Waals surface area contributed by atoms with Gasteiger partial charge in [-0.15, -0.1) is 11.3 Å². The highest BCUT2D eigenvalue weighted by molar-refractivity contribution is 7.12. The smallest absolute Gasteiger partial charge is 0.308 e. The molecule has 0 radical (unpaired) electrons. The Morgan fingerprint density at radius 1 is 1.45 bits per heavy atom. The third-order valence-electron chi connectivity index (χ3n) is 3.22. The zero-order valence-corrected chi connectivity index (χ0v) is 11.9. The minimum Gasteiger partial charge on any atom is -0.481 e. The third-order valence-corrected chi connectivity index (χ3v) is 4.30. The number of hydrogen-bond donors (Lipinski definition) is 2. The molecule has 0 aromatic carbocycles. The average Bonchev–Trinajstić information content (AvgIpc) is 2.82. The monoisotopic (exact) mass is 296 g/mol. The van der Waals surface area contributed by atoms with Gasteiger partial charge in [0.25, 0.3) is 0 Å². The summed E-state index contributed by atoms with van der Waals surface area (Å²) in [5.41, 5.74) is 0. The van der Waals surface area contributed by atoms with Gasteiger partial charge in [-0.1, -0.05) is 0 Å². The van der Waals surface area contributed by atoms with E-state index in [0.29, 0.717) is 19.4 Å². The summed E-state index contributed by atoms with van der Waals surface area (Å²) in [5.74, 6) is -1.20. The van der Waals surface area contributed by atoms with Crippen LogP contribution in [0.5, 0.6) is 0 Å². The number of amides is 2. The molecule has 1 aliphatic heterocycles. The number of likely N-dealkylation sites (N-methyl/N-ethyl adjacent to an activating group) is 1. The van der Waals surface area contributed by atoms with Crippen molar-refractivity contribution in [1.29, 1.82) is 0 Å². The SMILES string of the molecule is CN1C(=O)CCC(NCc2ccc(CC(=O)O)s2)C1=O. The van der Waals surface area contributed by atoms with E-state index in [9.17, 15) is 14.4 Å². The molecule has 1 unspecified atom stereocenters. The zero-order valence-electron chi connectivity index (χ0n) is 11.1. The predicted octanol–water partition coefficient (Wildman–Crippen LogP) is 0.612. The molecule has 2 rings (SSSR count). The number of rotatable bonds is 5. The van der Waals surface area contributed by atoms with Crippen molar-refractivity contribution >= 4 is 29.1 Å². The highest BCUT2D eigenvalue weighted by Gasteiger charge is 2.31. The molecule has 1 saturated heterocycles. The van der Waals surface area contributed by atoms with E-state index >= 15 is 0 Å². The summed E-state index contributed by atoms with van der Waals surface area (Å²) in [7, 11) is 1.49. The van der Waals surface area contributed by atoms with Crippen molar-refractivity contribution in [3.63, 3.8) is 0 Å². The van der Waals surface area contributed by atoms with Crippen molar-refractivity contribution in [2.75, 3.05) is 7.05 Å². The molecular formula is C13H16N2O4S. The normalized spacial score (nSPS) is 19.4. The molecule has 1 atom stereocenters. The number of imide groups is 1. The summed E-state index contributed by atoms with van der Waals surface area (Å²) in [6.07, 6.45) is 0.897. The van der Waals surface area contributed by atoms with E-state index in [1.54, 1.807) is 6.07 Å². The maximum atomic E-state index is 11.9. The van der Waals surface area contributed by atoms with E-state index in [2.05, 4.69) is 5.32 Å². The number of piperidine rings is 1. The van der Waals surface area contributed by atoms with Gasteiger partial charge in [0.05, 0.1) is 12.5 Å². The van der Waals surface area contributed by atoms with E-state index in [1.165, 1.54) is 18.4 Å². The Bertz CT molecular complexity index is 540. The molecule has 0 aliphatic carbocycles. The Hall–Kier alpha value is -1.73. The molecule has 0 spiro atoms. The summed E-state index contributed by atoms with van der Waals surface area (Å²) in [6, 6.07) is 3.30. The molecule has 2 amide bonds. The van der Waals surface area contributed by atoms with Crippen LogP contribution in [0.15, 0.2) is 12.1 Å². The van der Waals surface area contributed by atoms with E-state index in [0.717, 1.165) is 14.7 Å². The van der Waals surface area contributed by atoms with Crippen molar-refractivity contribution in [2.45, 2.75) is 31.8 Å². The van der Waals surface area contributed by atoms with Gasteiger partial charge in [-0.05, 0) is 18.6 Å². The fraction of sp³-hybridized carbons (Fsp3) is 0.462. The van der Waals surface area contributed by atoms with Crippen LogP contribution in [0.4, 0.5) is 0 Å². The molecule has 20 heavy (non-hydrogen) atoms.